The number of hydrogen-bond acceptors (Lipinski definition) is 4. The largest absolute Gasteiger partial charge is 0.368 e. The number of nitrogens with two attached hydrogens (primary N) is 1. The number of nitrogens with zero attached hydrogens (tertiary/aromatic N) is 2. The van der Waals surface area contributed by atoms with Gasteiger partial charge < -0.3 is 11.1 Å². The number of anilines is 2. The first-order chi connectivity index (χ1) is 10.0. The average molecular weight is 307 g/mol. The minimum Gasteiger partial charge on any atom is -0.368 e. The highest BCUT2D eigenvalue weighted by Crippen LogP contribution is 2.61. The van der Waals surface area contributed by atoms with Gasteiger partial charge in [0.2, 0.25) is 5.95 Å². The van der Waals surface area contributed by atoms with Crippen LogP contribution in [-0.2, 0) is 0 Å². The van der Waals surface area contributed by atoms with Crippen molar-refractivity contribution in [2.75, 3.05) is 11.1 Å². The van der Waals surface area contributed by atoms with Gasteiger partial charge in [0.1, 0.15) is 11.0 Å². The Morgan fingerprint density at radius 3 is 2.29 bits per heavy atom. The molecule has 0 saturated heterocycles. The molecular weight excluding hydrogens is 284 g/mol. The molecule has 114 valence electrons. The minimum atomic E-state index is 0.239. The summed E-state index contributed by atoms with van der Waals surface area (Å²) < 4.78 is 0. The molecule has 1 unspecified atom stereocenters. The number of nitrogen functional groups attached to an aromatic ring is 1. The van der Waals surface area contributed by atoms with Gasteiger partial charge in [-0.15, -0.1) is 0 Å². The highest BCUT2D eigenvalue weighted by molar-refractivity contribution is 6.29. The number of halogens is 1. The Kier molecular flexibility index (Phi) is 3.07. The maximum absolute atomic E-state index is 5.98. The van der Waals surface area contributed by atoms with Crippen molar-refractivity contribution in [2.24, 2.45) is 23.2 Å². The lowest BCUT2D eigenvalue weighted by Gasteiger charge is -2.59. The van der Waals surface area contributed by atoms with Crippen molar-refractivity contribution < 1.29 is 0 Å². The van der Waals surface area contributed by atoms with Gasteiger partial charge >= 0.3 is 0 Å². The SMILES string of the molecule is CC(Nc1cc(Cl)nc(N)n1)C12CC3CC(CC(C3)C1)C2. The highest BCUT2D eigenvalue weighted by atomic mass is 35.5. The second-order valence-corrected chi connectivity index (χ2v) is 7.97. The first-order valence-electron chi connectivity index (χ1n) is 8.09. The third-order valence-electron chi connectivity index (χ3n) is 6.08. The third-order valence-corrected chi connectivity index (χ3v) is 6.27. The zero-order chi connectivity index (χ0) is 14.6. The molecule has 1 aromatic heterocycles. The van der Waals surface area contributed by atoms with Crippen LogP contribution >= 0.6 is 11.6 Å². The summed E-state index contributed by atoms with van der Waals surface area (Å²) >= 11 is 5.98. The third kappa shape index (κ3) is 2.37. The maximum atomic E-state index is 5.98. The van der Waals surface area contributed by atoms with Crippen molar-refractivity contribution in [3.8, 4) is 0 Å². The van der Waals surface area contributed by atoms with Gasteiger partial charge in [-0.3, -0.25) is 0 Å². The van der Waals surface area contributed by atoms with Gasteiger partial charge in [0.25, 0.3) is 0 Å². The Morgan fingerprint density at radius 2 is 1.76 bits per heavy atom. The van der Waals surface area contributed by atoms with Crippen LogP contribution in [0.25, 0.3) is 0 Å². The lowest BCUT2D eigenvalue weighted by Crippen LogP contribution is -2.53. The molecule has 1 aromatic rings. The molecule has 4 aliphatic carbocycles. The minimum absolute atomic E-state index is 0.239. The second kappa shape index (κ2) is 4.73. The Bertz CT molecular complexity index is 504. The zero-order valence-corrected chi connectivity index (χ0v) is 13.2. The maximum Gasteiger partial charge on any atom is 0.223 e. The van der Waals surface area contributed by atoms with E-state index in [1.54, 1.807) is 6.07 Å². The monoisotopic (exact) mass is 306 g/mol. The molecule has 0 radical (unpaired) electrons. The van der Waals surface area contributed by atoms with Crippen molar-refractivity contribution in [2.45, 2.75) is 51.5 Å². The van der Waals surface area contributed by atoms with E-state index in [4.69, 9.17) is 17.3 Å². The Labute approximate surface area is 130 Å². The molecule has 0 amide bonds. The van der Waals surface area contributed by atoms with Crippen molar-refractivity contribution in [3.63, 3.8) is 0 Å². The summed E-state index contributed by atoms with van der Waals surface area (Å²) in [5.74, 6) is 3.87. The fourth-order valence-electron chi connectivity index (χ4n) is 5.59. The molecule has 4 saturated carbocycles. The van der Waals surface area contributed by atoms with Gasteiger partial charge in [-0.2, -0.15) is 4.98 Å². The van der Waals surface area contributed by atoms with Crippen LogP contribution in [0.15, 0.2) is 6.07 Å². The summed E-state index contributed by atoms with van der Waals surface area (Å²) in [5.41, 5.74) is 6.14. The molecule has 3 N–H and O–H groups in total. The van der Waals surface area contributed by atoms with E-state index in [-0.39, 0.29) is 5.95 Å². The predicted octanol–water partition coefficient (Wildman–Crippen LogP) is 3.73. The molecule has 4 nitrogen and oxygen atoms in total. The van der Waals surface area contributed by atoms with Crippen molar-refractivity contribution in [1.82, 2.24) is 9.97 Å². The highest BCUT2D eigenvalue weighted by Gasteiger charge is 2.53. The standard InChI is InChI=1S/C16H23ClN4/c1-9(19-14-5-13(17)20-15(18)21-14)16-6-10-2-11(7-16)4-12(3-10)8-16/h5,9-12H,2-4,6-8H2,1H3,(H3,18,19,20,21). The molecule has 0 aliphatic heterocycles. The summed E-state index contributed by atoms with van der Waals surface area (Å²) in [7, 11) is 0. The summed E-state index contributed by atoms with van der Waals surface area (Å²) in [6.45, 7) is 2.30. The van der Waals surface area contributed by atoms with E-state index in [2.05, 4.69) is 22.2 Å². The van der Waals surface area contributed by atoms with Crippen molar-refractivity contribution in [3.05, 3.63) is 11.2 Å². The van der Waals surface area contributed by atoms with E-state index in [9.17, 15) is 0 Å². The Balaban J connectivity index is 1.55. The molecule has 21 heavy (non-hydrogen) atoms. The smallest absolute Gasteiger partial charge is 0.223 e. The first kappa shape index (κ1) is 13.6. The van der Waals surface area contributed by atoms with Crippen LogP contribution < -0.4 is 11.1 Å². The van der Waals surface area contributed by atoms with Gasteiger partial charge in [-0.05, 0) is 68.6 Å². The molecule has 4 fully saturated rings. The first-order valence-corrected chi connectivity index (χ1v) is 8.47. The predicted molar refractivity (Wildman–Crippen MR) is 85.1 cm³/mol. The molecule has 0 aromatic carbocycles. The Morgan fingerprint density at radius 1 is 1.19 bits per heavy atom. The molecule has 0 spiro atoms. The summed E-state index contributed by atoms with van der Waals surface area (Å²) in [5, 5.41) is 3.97. The molecular formula is C16H23ClN4. The van der Waals surface area contributed by atoms with Gasteiger partial charge in [0, 0.05) is 12.1 Å². The van der Waals surface area contributed by atoms with Gasteiger partial charge in [0.05, 0.1) is 0 Å². The van der Waals surface area contributed by atoms with Crippen LogP contribution in [0.4, 0.5) is 11.8 Å². The molecule has 1 atom stereocenters. The van der Waals surface area contributed by atoms with Gasteiger partial charge in [-0.25, -0.2) is 4.98 Å². The second-order valence-electron chi connectivity index (χ2n) is 7.58. The van der Waals surface area contributed by atoms with E-state index < -0.39 is 0 Å². The number of nitrogens with one attached hydrogen (secondary N) is 1. The van der Waals surface area contributed by atoms with E-state index in [1.165, 1.54) is 38.5 Å². The Hall–Kier alpha value is -1.03. The number of rotatable bonds is 3. The summed E-state index contributed by atoms with van der Waals surface area (Å²) in [6.07, 6.45) is 8.54. The molecule has 4 bridgehead atoms. The van der Waals surface area contributed by atoms with Crippen molar-refractivity contribution in [1.29, 1.82) is 0 Å². The van der Waals surface area contributed by atoms with E-state index in [1.807, 2.05) is 0 Å². The molecule has 5 heteroatoms. The quantitative estimate of drug-likeness (QED) is 0.835. The van der Waals surface area contributed by atoms with E-state index >= 15 is 0 Å². The summed E-state index contributed by atoms with van der Waals surface area (Å²) in [4.78, 5) is 8.20. The average Bonchev–Trinajstić information content (AvgIpc) is 2.35. The molecule has 1 heterocycles. The lowest BCUT2D eigenvalue weighted by atomic mass is 9.48. The number of aromatic nitrogens is 2. The van der Waals surface area contributed by atoms with Crippen LogP contribution in [0.3, 0.4) is 0 Å². The van der Waals surface area contributed by atoms with Crippen LogP contribution in [0, 0.1) is 23.2 Å². The zero-order valence-electron chi connectivity index (χ0n) is 12.5. The van der Waals surface area contributed by atoms with Gasteiger partial charge in [-0.1, -0.05) is 11.6 Å². The van der Waals surface area contributed by atoms with Crippen LogP contribution in [-0.4, -0.2) is 16.0 Å². The van der Waals surface area contributed by atoms with E-state index in [0.29, 0.717) is 16.6 Å². The topological polar surface area (TPSA) is 63.8 Å². The van der Waals surface area contributed by atoms with E-state index in [0.717, 1.165) is 23.6 Å². The van der Waals surface area contributed by atoms with Crippen LogP contribution in [0.5, 0.6) is 0 Å². The van der Waals surface area contributed by atoms with Crippen LogP contribution in [0.1, 0.15) is 45.4 Å². The molecule has 4 aliphatic rings. The van der Waals surface area contributed by atoms with Crippen molar-refractivity contribution >= 4 is 23.4 Å². The molecule has 5 rings (SSSR count). The van der Waals surface area contributed by atoms with Crippen LogP contribution in [0.2, 0.25) is 5.15 Å². The normalized spacial score (nSPS) is 38.5. The summed E-state index contributed by atoms with van der Waals surface area (Å²) in [6, 6.07) is 2.19. The lowest BCUT2D eigenvalue weighted by molar-refractivity contribution is -0.0603. The fraction of sp³-hybridized carbons (Fsp3) is 0.750. The number of hydrogen-bond donors (Lipinski definition) is 2. The van der Waals surface area contributed by atoms with Gasteiger partial charge in [0.15, 0.2) is 0 Å². The fourth-order valence-corrected chi connectivity index (χ4v) is 5.78.